The Kier molecular flexibility index (Phi) is 5.03. The fraction of sp³-hybridized carbons (Fsp3) is 0.115. The van der Waals surface area contributed by atoms with Crippen molar-refractivity contribution in [1.82, 2.24) is 4.98 Å². The third-order valence-corrected chi connectivity index (χ3v) is 6.79. The Balaban J connectivity index is 1.49. The second-order valence-electron chi connectivity index (χ2n) is 8.21. The maximum atomic E-state index is 13.7. The van der Waals surface area contributed by atoms with Gasteiger partial charge in [0.25, 0.3) is 5.91 Å². The minimum absolute atomic E-state index is 0.263. The average molecular weight is 490 g/mol. The molecule has 2 fully saturated rings. The van der Waals surface area contributed by atoms with Crippen LogP contribution in [0.3, 0.4) is 0 Å². The van der Waals surface area contributed by atoms with Gasteiger partial charge in [0.15, 0.2) is 6.10 Å². The molecule has 0 spiro atoms. The Morgan fingerprint density at radius 1 is 0.794 bits per heavy atom. The molecule has 34 heavy (non-hydrogen) atoms. The summed E-state index contributed by atoms with van der Waals surface area (Å²) in [6.07, 6.45) is -0.990. The molecule has 2 aliphatic heterocycles. The minimum Gasteiger partial charge on any atom is -0.273 e. The van der Waals surface area contributed by atoms with Crippen LogP contribution < -0.4 is 9.96 Å². The number of anilines is 2. The van der Waals surface area contributed by atoms with E-state index in [-0.39, 0.29) is 11.1 Å². The first-order valence-electron chi connectivity index (χ1n) is 10.7. The first kappa shape index (κ1) is 21.1. The molecule has 2 saturated heterocycles. The van der Waals surface area contributed by atoms with Gasteiger partial charge in [-0.05, 0) is 48.5 Å². The Morgan fingerprint density at radius 3 is 2.26 bits per heavy atom. The number of hydrogen-bond acceptors (Lipinski definition) is 5. The first-order valence-corrected chi connectivity index (χ1v) is 11.5. The van der Waals surface area contributed by atoms with Crippen LogP contribution in [-0.4, -0.2) is 22.9 Å². The van der Waals surface area contributed by atoms with Gasteiger partial charge in [-0.2, -0.15) is 0 Å². The lowest BCUT2D eigenvalue weighted by molar-refractivity contribution is -0.126. The fourth-order valence-corrected chi connectivity index (χ4v) is 5.07. The van der Waals surface area contributed by atoms with Crippen LogP contribution in [0.15, 0.2) is 84.9 Å². The molecule has 0 unspecified atom stereocenters. The molecule has 6 nitrogen and oxygen atoms in total. The van der Waals surface area contributed by atoms with E-state index in [0.29, 0.717) is 22.0 Å². The van der Waals surface area contributed by atoms with Crippen LogP contribution in [-0.2, 0) is 14.4 Å². The number of nitrogens with zero attached hydrogens (tertiary/aromatic N) is 3. The predicted molar refractivity (Wildman–Crippen MR) is 131 cm³/mol. The molecule has 3 atom stereocenters. The monoisotopic (exact) mass is 489 g/mol. The molecule has 3 heterocycles. The summed E-state index contributed by atoms with van der Waals surface area (Å²) < 4.78 is 0. The zero-order valence-corrected chi connectivity index (χ0v) is 19.1. The van der Waals surface area contributed by atoms with E-state index in [1.807, 2.05) is 60.7 Å². The minimum atomic E-state index is -0.990. The van der Waals surface area contributed by atoms with Crippen LogP contribution >= 0.6 is 23.2 Å². The molecule has 0 radical (unpaired) electrons. The molecule has 6 rings (SSSR count). The molecule has 2 amide bonds. The summed E-state index contributed by atoms with van der Waals surface area (Å²) in [6, 6.07) is 24.8. The zero-order chi connectivity index (χ0) is 23.4. The Hall–Kier alpha value is -3.45. The standard InChI is InChI=1S/C26H17Cl2N3O3/c27-16-10-12-17(13-11-16)30-25(32)21-22(19-14-15-6-4-5-9-20(15)29-24(19)28)31(34-23(21)26(30)33)18-7-2-1-3-8-18/h1-14,21-23H/t21-,22-,23-/m1/s1. The van der Waals surface area contributed by atoms with Gasteiger partial charge < -0.3 is 0 Å². The van der Waals surface area contributed by atoms with Crippen molar-refractivity contribution in [2.75, 3.05) is 9.96 Å². The van der Waals surface area contributed by atoms with Crippen molar-refractivity contribution in [2.24, 2.45) is 5.92 Å². The van der Waals surface area contributed by atoms with E-state index in [1.54, 1.807) is 29.3 Å². The molecule has 168 valence electrons. The molecule has 0 aliphatic carbocycles. The lowest BCUT2D eigenvalue weighted by Crippen LogP contribution is -2.37. The van der Waals surface area contributed by atoms with Crippen molar-refractivity contribution >= 4 is 57.3 Å². The summed E-state index contributed by atoms with van der Waals surface area (Å²) in [5.74, 6) is -1.58. The van der Waals surface area contributed by atoms with Crippen molar-refractivity contribution in [3.8, 4) is 0 Å². The van der Waals surface area contributed by atoms with Crippen LogP contribution in [0.1, 0.15) is 11.6 Å². The quantitative estimate of drug-likeness (QED) is 0.277. The van der Waals surface area contributed by atoms with Gasteiger partial charge in [-0.1, -0.05) is 59.6 Å². The summed E-state index contributed by atoms with van der Waals surface area (Å²) >= 11 is 12.7. The predicted octanol–water partition coefficient (Wildman–Crippen LogP) is 5.59. The maximum absolute atomic E-state index is 13.7. The molecule has 0 N–H and O–H groups in total. The van der Waals surface area contributed by atoms with Crippen molar-refractivity contribution < 1.29 is 14.4 Å². The maximum Gasteiger partial charge on any atom is 0.266 e. The number of fused-ring (bicyclic) bond motifs is 2. The van der Waals surface area contributed by atoms with Crippen molar-refractivity contribution in [2.45, 2.75) is 12.1 Å². The molecular formula is C26H17Cl2N3O3. The number of rotatable bonds is 3. The number of imide groups is 1. The Morgan fingerprint density at radius 2 is 1.50 bits per heavy atom. The van der Waals surface area contributed by atoms with Crippen molar-refractivity contribution in [3.05, 3.63) is 101 Å². The summed E-state index contributed by atoms with van der Waals surface area (Å²) in [4.78, 5) is 39.0. The highest BCUT2D eigenvalue weighted by atomic mass is 35.5. The number of aromatic nitrogens is 1. The van der Waals surface area contributed by atoms with E-state index in [9.17, 15) is 9.59 Å². The fourth-order valence-electron chi connectivity index (χ4n) is 4.69. The average Bonchev–Trinajstić information content (AvgIpc) is 3.36. The highest BCUT2D eigenvalue weighted by molar-refractivity contribution is 6.31. The second kappa shape index (κ2) is 8.09. The number of carbonyl (C=O) groups is 2. The van der Waals surface area contributed by atoms with E-state index in [0.717, 1.165) is 10.9 Å². The van der Waals surface area contributed by atoms with Gasteiger partial charge in [0.2, 0.25) is 5.91 Å². The molecule has 0 bridgehead atoms. The van der Waals surface area contributed by atoms with Crippen LogP contribution in [0.5, 0.6) is 0 Å². The number of halogens is 2. The summed E-state index contributed by atoms with van der Waals surface area (Å²) in [5, 5.41) is 3.27. The van der Waals surface area contributed by atoms with E-state index < -0.39 is 24.0 Å². The third kappa shape index (κ3) is 3.26. The van der Waals surface area contributed by atoms with Gasteiger partial charge in [0.05, 0.1) is 22.9 Å². The van der Waals surface area contributed by atoms with E-state index in [4.69, 9.17) is 28.0 Å². The molecule has 3 aromatic carbocycles. The lowest BCUT2D eigenvalue weighted by atomic mass is 9.90. The smallest absolute Gasteiger partial charge is 0.266 e. The molecule has 2 aliphatic rings. The summed E-state index contributed by atoms with van der Waals surface area (Å²) in [6.45, 7) is 0. The number of benzene rings is 3. The summed E-state index contributed by atoms with van der Waals surface area (Å²) in [5.41, 5.74) is 2.53. The van der Waals surface area contributed by atoms with E-state index in [2.05, 4.69) is 4.98 Å². The van der Waals surface area contributed by atoms with Gasteiger partial charge >= 0.3 is 0 Å². The topological polar surface area (TPSA) is 62.7 Å². The van der Waals surface area contributed by atoms with E-state index >= 15 is 0 Å². The van der Waals surface area contributed by atoms with Crippen LogP contribution in [0, 0.1) is 5.92 Å². The number of para-hydroxylation sites is 2. The largest absolute Gasteiger partial charge is 0.273 e. The lowest BCUT2D eigenvalue weighted by Gasteiger charge is -2.29. The van der Waals surface area contributed by atoms with Crippen molar-refractivity contribution in [3.63, 3.8) is 0 Å². The zero-order valence-electron chi connectivity index (χ0n) is 17.6. The Labute approximate surface area is 205 Å². The van der Waals surface area contributed by atoms with Gasteiger partial charge in [0.1, 0.15) is 11.1 Å². The molecule has 4 aromatic rings. The van der Waals surface area contributed by atoms with Gasteiger partial charge in [0, 0.05) is 16.0 Å². The molecule has 0 saturated carbocycles. The van der Waals surface area contributed by atoms with Gasteiger partial charge in [-0.3, -0.25) is 14.4 Å². The first-order chi connectivity index (χ1) is 16.5. The second-order valence-corrected chi connectivity index (χ2v) is 9.00. The van der Waals surface area contributed by atoms with Crippen LogP contribution in [0.25, 0.3) is 10.9 Å². The molecular weight excluding hydrogens is 473 g/mol. The molecule has 8 heteroatoms. The van der Waals surface area contributed by atoms with Crippen LogP contribution in [0.4, 0.5) is 11.4 Å². The molecule has 1 aromatic heterocycles. The third-order valence-electron chi connectivity index (χ3n) is 6.23. The van der Waals surface area contributed by atoms with Gasteiger partial charge in [-0.25, -0.2) is 14.9 Å². The van der Waals surface area contributed by atoms with Crippen molar-refractivity contribution in [1.29, 1.82) is 0 Å². The summed E-state index contributed by atoms with van der Waals surface area (Å²) in [7, 11) is 0. The van der Waals surface area contributed by atoms with Gasteiger partial charge in [-0.15, -0.1) is 0 Å². The Bertz CT molecular complexity index is 1430. The van der Waals surface area contributed by atoms with Crippen LogP contribution in [0.2, 0.25) is 10.2 Å². The highest BCUT2D eigenvalue weighted by Gasteiger charge is 2.60. The number of amides is 2. The highest BCUT2D eigenvalue weighted by Crippen LogP contribution is 2.49. The van der Waals surface area contributed by atoms with E-state index in [1.165, 1.54) is 4.90 Å². The number of carbonyl (C=O) groups excluding carboxylic acids is 2. The number of pyridine rings is 1. The SMILES string of the molecule is O=C1[C@@H]2[C@@H](c3cc4ccccc4nc3Cl)N(c3ccccc3)O[C@H]2C(=O)N1c1ccc(Cl)cc1. The number of hydrogen-bond donors (Lipinski definition) is 0. The number of hydroxylamine groups is 1. The normalized spacial score (nSPS) is 22.0.